The monoisotopic (exact) mass is 205 g/mol. The first-order valence-corrected chi connectivity index (χ1v) is 6.05. The van der Waals surface area contributed by atoms with Crippen LogP contribution in [0.3, 0.4) is 0 Å². The standard InChI is InChI=1S/C14H23N/c1-4-5-9-12(2)15-13(3)14-10-7-6-8-11-14/h6-8,10-13,15H,4-5,9H2,1-3H3/t12?,13-/m0/s1. The molecule has 0 aliphatic rings. The second-order valence-electron chi connectivity index (χ2n) is 4.34. The van der Waals surface area contributed by atoms with Crippen LogP contribution in [0.4, 0.5) is 0 Å². The Morgan fingerprint density at radius 2 is 1.80 bits per heavy atom. The van der Waals surface area contributed by atoms with Crippen molar-refractivity contribution >= 4 is 0 Å². The molecule has 1 nitrogen and oxygen atoms in total. The lowest BCUT2D eigenvalue weighted by molar-refractivity contribution is 0.444. The lowest BCUT2D eigenvalue weighted by Gasteiger charge is -2.20. The van der Waals surface area contributed by atoms with Gasteiger partial charge in [0.1, 0.15) is 0 Å². The average molecular weight is 205 g/mol. The Morgan fingerprint density at radius 1 is 1.13 bits per heavy atom. The third kappa shape index (κ3) is 4.48. The molecular weight excluding hydrogens is 182 g/mol. The Morgan fingerprint density at radius 3 is 2.40 bits per heavy atom. The van der Waals surface area contributed by atoms with Crippen LogP contribution < -0.4 is 5.32 Å². The summed E-state index contributed by atoms with van der Waals surface area (Å²) in [6.07, 6.45) is 3.87. The maximum Gasteiger partial charge on any atom is 0.0294 e. The molecule has 1 aromatic carbocycles. The van der Waals surface area contributed by atoms with Crippen molar-refractivity contribution in [1.29, 1.82) is 0 Å². The Bertz CT molecular complexity index is 255. The predicted molar refractivity (Wildman–Crippen MR) is 67.0 cm³/mol. The number of nitrogens with one attached hydrogen (secondary N) is 1. The first kappa shape index (κ1) is 12.3. The highest BCUT2D eigenvalue weighted by molar-refractivity contribution is 5.18. The van der Waals surface area contributed by atoms with E-state index in [1.165, 1.54) is 24.8 Å². The third-order valence-electron chi connectivity index (χ3n) is 2.82. The van der Waals surface area contributed by atoms with Gasteiger partial charge in [-0.3, -0.25) is 0 Å². The minimum atomic E-state index is 0.457. The van der Waals surface area contributed by atoms with Gasteiger partial charge in [-0.2, -0.15) is 0 Å². The van der Waals surface area contributed by atoms with Gasteiger partial charge in [-0.15, -0.1) is 0 Å². The van der Waals surface area contributed by atoms with E-state index in [1.807, 2.05) is 0 Å². The molecule has 0 aromatic heterocycles. The molecule has 0 amide bonds. The SMILES string of the molecule is CCCCC(C)N[C@@H](C)c1ccccc1. The van der Waals surface area contributed by atoms with Gasteiger partial charge in [-0.1, -0.05) is 50.1 Å². The highest BCUT2D eigenvalue weighted by Crippen LogP contribution is 2.13. The molecule has 0 saturated heterocycles. The van der Waals surface area contributed by atoms with Crippen LogP contribution in [-0.4, -0.2) is 6.04 Å². The molecule has 15 heavy (non-hydrogen) atoms. The molecule has 0 fully saturated rings. The molecule has 0 aliphatic heterocycles. The molecule has 1 heteroatoms. The lowest BCUT2D eigenvalue weighted by atomic mass is 10.1. The highest BCUT2D eigenvalue weighted by atomic mass is 14.9. The van der Waals surface area contributed by atoms with Gasteiger partial charge in [-0.05, 0) is 25.8 Å². The largest absolute Gasteiger partial charge is 0.308 e. The molecule has 0 aliphatic carbocycles. The van der Waals surface area contributed by atoms with Crippen LogP contribution in [0.15, 0.2) is 30.3 Å². The number of unbranched alkanes of at least 4 members (excludes halogenated alkanes) is 1. The molecule has 0 spiro atoms. The molecule has 0 saturated carbocycles. The summed E-state index contributed by atoms with van der Waals surface area (Å²) in [7, 11) is 0. The smallest absolute Gasteiger partial charge is 0.0294 e. The summed E-state index contributed by atoms with van der Waals surface area (Å²) < 4.78 is 0. The number of rotatable bonds is 6. The van der Waals surface area contributed by atoms with Crippen LogP contribution in [0.1, 0.15) is 51.6 Å². The fourth-order valence-electron chi connectivity index (χ4n) is 1.86. The highest BCUT2D eigenvalue weighted by Gasteiger charge is 2.07. The quantitative estimate of drug-likeness (QED) is 0.742. The number of hydrogen-bond donors (Lipinski definition) is 1. The van der Waals surface area contributed by atoms with E-state index < -0.39 is 0 Å². The second-order valence-corrected chi connectivity index (χ2v) is 4.34. The average Bonchev–Trinajstić information content (AvgIpc) is 2.27. The maximum absolute atomic E-state index is 3.63. The summed E-state index contributed by atoms with van der Waals surface area (Å²) in [4.78, 5) is 0. The zero-order valence-corrected chi connectivity index (χ0v) is 10.2. The van der Waals surface area contributed by atoms with Gasteiger partial charge in [0, 0.05) is 12.1 Å². The molecule has 0 bridgehead atoms. The van der Waals surface area contributed by atoms with Gasteiger partial charge < -0.3 is 5.32 Å². The zero-order chi connectivity index (χ0) is 11.1. The molecule has 0 heterocycles. The van der Waals surface area contributed by atoms with Crippen LogP contribution in [0.2, 0.25) is 0 Å². The maximum atomic E-state index is 3.63. The van der Waals surface area contributed by atoms with Crippen molar-refractivity contribution in [3.63, 3.8) is 0 Å². The summed E-state index contributed by atoms with van der Waals surface area (Å²) in [6, 6.07) is 11.7. The van der Waals surface area contributed by atoms with Crippen LogP contribution in [-0.2, 0) is 0 Å². The first-order valence-electron chi connectivity index (χ1n) is 6.05. The molecule has 2 atom stereocenters. The van der Waals surface area contributed by atoms with Crippen molar-refractivity contribution in [3.05, 3.63) is 35.9 Å². The van der Waals surface area contributed by atoms with Gasteiger partial charge in [0.25, 0.3) is 0 Å². The van der Waals surface area contributed by atoms with E-state index in [0.717, 1.165) is 0 Å². The molecule has 1 N–H and O–H groups in total. The zero-order valence-electron chi connectivity index (χ0n) is 10.2. The summed E-state index contributed by atoms with van der Waals surface area (Å²) in [5.74, 6) is 0. The van der Waals surface area contributed by atoms with Gasteiger partial charge in [-0.25, -0.2) is 0 Å². The summed E-state index contributed by atoms with van der Waals surface area (Å²) in [5, 5.41) is 3.63. The van der Waals surface area contributed by atoms with Crippen molar-refractivity contribution in [2.45, 2.75) is 52.1 Å². The van der Waals surface area contributed by atoms with Gasteiger partial charge in [0.15, 0.2) is 0 Å². The Balaban J connectivity index is 2.38. The van der Waals surface area contributed by atoms with Crippen LogP contribution >= 0.6 is 0 Å². The molecular formula is C14H23N. The van der Waals surface area contributed by atoms with Crippen molar-refractivity contribution in [2.24, 2.45) is 0 Å². The van der Waals surface area contributed by atoms with Gasteiger partial charge in [0.2, 0.25) is 0 Å². The van der Waals surface area contributed by atoms with Gasteiger partial charge in [0.05, 0.1) is 0 Å². The van der Waals surface area contributed by atoms with Crippen molar-refractivity contribution in [2.75, 3.05) is 0 Å². The van der Waals surface area contributed by atoms with E-state index in [9.17, 15) is 0 Å². The fraction of sp³-hybridized carbons (Fsp3) is 0.571. The van der Waals surface area contributed by atoms with Crippen molar-refractivity contribution < 1.29 is 0 Å². The summed E-state index contributed by atoms with van der Waals surface area (Å²) in [6.45, 7) is 6.75. The first-order chi connectivity index (χ1) is 7.24. The molecule has 1 unspecified atom stereocenters. The summed E-state index contributed by atoms with van der Waals surface area (Å²) >= 11 is 0. The molecule has 1 rings (SSSR count). The Labute approximate surface area is 93.9 Å². The molecule has 1 aromatic rings. The second kappa shape index (κ2) is 6.62. The lowest BCUT2D eigenvalue weighted by Crippen LogP contribution is -2.28. The fourth-order valence-corrected chi connectivity index (χ4v) is 1.86. The normalized spacial score (nSPS) is 14.9. The van der Waals surface area contributed by atoms with Crippen LogP contribution in [0.5, 0.6) is 0 Å². The summed E-state index contributed by atoms with van der Waals surface area (Å²) in [5.41, 5.74) is 1.38. The Kier molecular flexibility index (Phi) is 5.41. The van der Waals surface area contributed by atoms with Crippen LogP contribution in [0.25, 0.3) is 0 Å². The number of benzene rings is 1. The molecule has 0 radical (unpaired) electrons. The van der Waals surface area contributed by atoms with E-state index in [-0.39, 0.29) is 0 Å². The topological polar surface area (TPSA) is 12.0 Å². The van der Waals surface area contributed by atoms with Gasteiger partial charge >= 0.3 is 0 Å². The van der Waals surface area contributed by atoms with E-state index in [4.69, 9.17) is 0 Å². The molecule has 84 valence electrons. The number of hydrogen-bond acceptors (Lipinski definition) is 1. The Hall–Kier alpha value is -0.820. The van der Waals surface area contributed by atoms with E-state index >= 15 is 0 Å². The van der Waals surface area contributed by atoms with Crippen molar-refractivity contribution in [3.8, 4) is 0 Å². The van der Waals surface area contributed by atoms with Crippen LogP contribution in [0, 0.1) is 0 Å². The van der Waals surface area contributed by atoms with E-state index in [1.54, 1.807) is 0 Å². The van der Waals surface area contributed by atoms with Crippen molar-refractivity contribution in [1.82, 2.24) is 5.32 Å². The third-order valence-corrected chi connectivity index (χ3v) is 2.82. The minimum absolute atomic E-state index is 0.457. The minimum Gasteiger partial charge on any atom is -0.308 e. The predicted octanol–water partition coefficient (Wildman–Crippen LogP) is 3.92. The van der Waals surface area contributed by atoms with E-state index in [0.29, 0.717) is 12.1 Å². The van der Waals surface area contributed by atoms with E-state index in [2.05, 4.69) is 56.4 Å².